The van der Waals surface area contributed by atoms with Crippen molar-refractivity contribution in [2.24, 2.45) is 0 Å². The van der Waals surface area contributed by atoms with Crippen molar-refractivity contribution in [2.75, 3.05) is 6.61 Å². The molecule has 0 heterocycles. The molecule has 3 N–H and O–H groups in total. The Labute approximate surface area is 143 Å². The van der Waals surface area contributed by atoms with Crippen LogP contribution in [0.25, 0.3) is 0 Å². The number of rotatable bonds is 7. The fourth-order valence-electron chi connectivity index (χ4n) is 2.46. The van der Waals surface area contributed by atoms with E-state index in [1.54, 1.807) is 6.92 Å². The lowest BCUT2D eigenvalue weighted by Crippen LogP contribution is -2.14. The van der Waals surface area contributed by atoms with Gasteiger partial charge in [-0.1, -0.05) is 12.1 Å². The van der Waals surface area contributed by atoms with Gasteiger partial charge in [0, 0.05) is 6.07 Å². The van der Waals surface area contributed by atoms with Gasteiger partial charge in [-0.05, 0) is 42.7 Å². The molecule has 8 nitrogen and oxygen atoms in total. The number of phenolic OH excluding ortho intramolecular Hbond substituents is 2. The Bertz CT molecular complexity index is 786. The highest BCUT2D eigenvalue weighted by atomic mass is 16.6. The maximum atomic E-state index is 11.6. The number of benzene rings is 2. The smallest absolute Gasteiger partial charge is 0.314 e. The van der Waals surface area contributed by atoms with Crippen LogP contribution in [0, 0.1) is 10.1 Å². The van der Waals surface area contributed by atoms with Crippen LogP contribution in [0.1, 0.15) is 24.0 Å². The molecule has 0 aromatic heterocycles. The second kappa shape index (κ2) is 7.52. The van der Waals surface area contributed by atoms with Crippen molar-refractivity contribution < 1.29 is 29.8 Å². The van der Waals surface area contributed by atoms with Crippen molar-refractivity contribution in [3.8, 4) is 17.2 Å². The first-order valence-electron chi connectivity index (χ1n) is 7.48. The molecule has 0 saturated carbocycles. The summed E-state index contributed by atoms with van der Waals surface area (Å²) in [6, 6.07) is 8.22. The zero-order valence-corrected chi connectivity index (χ0v) is 13.4. The molecule has 0 saturated heterocycles. The summed E-state index contributed by atoms with van der Waals surface area (Å²) in [5.74, 6) is -2.74. The van der Waals surface area contributed by atoms with Crippen molar-refractivity contribution in [1.29, 1.82) is 0 Å². The van der Waals surface area contributed by atoms with E-state index in [1.807, 2.05) is 0 Å². The van der Waals surface area contributed by atoms with Gasteiger partial charge in [-0.15, -0.1) is 0 Å². The Morgan fingerprint density at radius 2 is 1.88 bits per heavy atom. The fraction of sp³-hybridized carbons (Fsp3) is 0.235. The zero-order chi connectivity index (χ0) is 18.6. The molecule has 1 unspecified atom stereocenters. The number of carboxylic acid groups (broad SMARTS) is 1. The Morgan fingerprint density at radius 3 is 2.40 bits per heavy atom. The van der Waals surface area contributed by atoms with Crippen LogP contribution in [-0.2, 0) is 11.2 Å². The number of ether oxygens (including phenoxy) is 1. The number of aliphatic carboxylic acids is 1. The van der Waals surface area contributed by atoms with E-state index in [9.17, 15) is 30.2 Å². The second-order valence-corrected chi connectivity index (χ2v) is 5.34. The van der Waals surface area contributed by atoms with E-state index in [1.165, 1.54) is 30.3 Å². The minimum Gasteiger partial charge on any atom is -0.508 e. The first-order chi connectivity index (χ1) is 11.8. The number of nitro groups is 1. The number of carbonyl (C=O) groups is 1. The van der Waals surface area contributed by atoms with Crippen LogP contribution in [0.3, 0.4) is 0 Å². The molecule has 2 aromatic rings. The normalized spacial score (nSPS) is 11.7. The quantitative estimate of drug-likeness (QED) is 0.518. The molecule has 0 radical (unpaired) electrons. The van der Waals surface area contributed by atoms with Gasteiger partial charge in [-0.25, -0.2) is 0 Å². The van der Waals surface area contributed by atoms with E-state index in [0.29, 0.717) is 11.1 Å². The van der Waals surface area contributed by atoms with Crippen molar-refractivity contribution in [1.82, 2.24) is 0 Å². The lowest BCUT2D eigenvalue weighted by atomic mass is 9.91. The molecular weight excluding hydrogens is 330 g/mol. The third-order valence-electron chi connectivity index (χ3n) is 3.64. The highest BCUT2D eigenvalue weighted by molar-refractivity contribution is 5.76. The summed E-state index contributed by atoms with van der Waals surface area (Å²) in [5.41, 5.74) is 0.239. The average Bonchev–Trinajstić information content (AvgIpc) is 2.56. The second-order valence-electron chi connectivity index (χ2n) is 5.34. The summed E-state index contributed by atoms with van der Waals surface area (Å²) in [5, 5.41) is 39.8. The SMILES string of the molecule is CCOc1cc(CC(C(=O)O)c2ccc(O)cc2)cc([N+](=O)[O-])c1O. The summed E-state index contributed by atoms with van der Waals surface area (Å²) in [4.78, 5) is 22.0. The highest BCUT2D eigenvalue weighted by Gasteiger charge is 2.25. The predicted molar refractivity (Wildman–Crippen MR) is 88.1 cm³/mol. The Hall–Kier alpha value is -3.29. The minimum atomic E-state index is -1.11. The van der Waals surface area contributed by atoms with Gasteiger partial charge in [-0.3, -0.25) is 14.9 Å². The van der Waals surface area contributed by atoms with Crippen molar-refractivity contribution in [2.45, 2.75) is 19.3 Å². The Morgan fingerprint density at radius 1 is 1.24 bits per heavy atom. The molecule has 2 aromatic carbocycles. The molecule has 0 spiro atoms. The van der Waals surface area contributed by atoms with Crippen LogP contribution in [-0.4, -0.2) is 32.8 Å². The summed E-state index contributed by atoms with van der Waals surface area (Å²) >= 11 is 0. The van der Waals surface area contributed by atoms with Gasteiger partial charge in [0.05, 0.1) is 17.4 Å². The van der Waals surface area contributed by atoms with E-state index in [-0.39, 0.29) is 24.5 Å². The first kappa shape index (κ1) is 18.1. The average molecular weight is 347 g/mol. The number of nitrogens with zero attached hydrogens (tertiary/aromatic N) is 1. The maximum absolute atomic E-state index is 11.6. The van der Waals surface area contributed by atoms with E-state index in [2.05, 4.69) is 0 Å². The summed E-state index contributed by atoms with van der Waals surface area (Å²) in [7, 11) is 0. The minimum absolute atomic E-state index is 0.00629. The van der Waals surface area contributed by atoms with E-state index in [4.69, 9.17) is 4.74 Å². The summed E-state index contributed by atoms with van der Waals surface area (Å²) in [6.45, 7) is 1.85. The molecule has 2 rings (SSSR count). The fourth-order valence-corrected chi connectivity index (χ4v) is 2.46. The van der Waals surface area contributed by atoms with E-state index < -0.39 is 28.2 Å². The molecule has 1 atom stereocenters. The van der Waals surface area contributed by atoms with Crippen molar-refractivity contribution in [3.05, 3.63) is 57.6 Å². The number of hydrogen-bond acceptors (Lipinski definition) is 6. The third kappa shape index (κ3) is 4.17. The number of nitro benzene ring substituents is 1. The van der Waals surface area contributed by atoms with Crippen LogP contribution >= 0.6 is 0 Å². The van der Waals surface area contributed by atoms with Crippen LogP contribution in [0.2, 0.25) is 0 Å². The molecule has 0 aliphatic rings. The lowest BCUT2D eigenvalue weighted by Gasteiger charge is -2.14. The largest absolute Gasteiger partial charge is 0.508 e. The monoisotopic (exact) mass is 347 g/mol. The Kier molecular flexibility index (Phi) is 5.43. The van der Waals surface area contributed by atoms with Crippen molar-refractivity contribution in [3.63, 3.8) is 0 Å². The van der Waals surface area contributed by atoms with E-state index >= 15 is 0 Å². The van der Waals surface area contributed by atoms with Gasteiger partial charge in [0.15, 0.2) is 5.75 Å². The van der Waals surface area contributed by atoms with Gasteiger partial charge in [0.1, 0.15) is 5.75 Å². The van der Waals surface area contributed by atoms with Crippen LogP contribution in [0.15, 0.2) is 36.4 Å². The van der Waals surface area contributed by atoms with Gasteiger partial charge in [0.25, 0.3) is 0 Å². The topological polar surface area (TPSA) is 130 Å². The molecular formula is C17H17NO7. The number of hydrogen-bond donors (Lipinski definition) is 3. The van der Waals surface area contributed by atoms with Gasteiger partial charge < -0.3 is 20.1 Å². The number of phenols is 2. The molecule has 0 amide bonds. The standard InChI is InChI=1S/C17H17NO7/c1-2-25-15-9-10(8-14(16(15)20)18(23)24)7-13(17(21)22)11-3-5-12(19)6-4-11/h3-6,8-9,13,19-20H,2,7H2,1H3,(H,21,22). The van der Waals surface area contributed by atoms with Crippen LogP contribution < -0.4 is 4.74 Å². The van der Waals surface area contributed by atoms with Crippen LogP contribution in [0.5, 0.6) is 17.2 Å². The molecule has 0 aliphatic heterocycles. The summed E-state index contributed by atoms with van der Waals surface area (Å²) < 4.78 is 5.20. The van der Waals surface area contributed by atoms with E-state index in [0.717, 1.165) is 6.07 Å². The Balaban J connectivity index is 2.43. The number of aromatic hydroxyl groups is 2. The molecule has 25 heavy (non-hydrogen) atoms. The summed E-state index contributed by atoms with van der Waals surface area (Å²) in [6.07, 6.45) is -0.0404. The predicted octanol–water partition coefficient (Wildman–Crippen LogP) is 2.82. The molecule has 0 bridgehead atoms. The van der Waals surface area contributed by atoms with Gasteiger partial charge in [-0.2, -0.15) is 0 Å². The molecule has 8 heteroatoms. The zero-order valence-electron chi connectivity index (χ0n) is 13.4. The third-order valence-corrected chi connectivity index (χ3v) is 3.64. The lowest BCUT2D eigenvalue weighted by molar-refractivity contribution is -0.386. The van der Waals surface area contributed by atoms with Crippen LogP contribution in [0.4, 0.5) is 5.69 Å². The molecule has 0 aliphatic carbocycles. The van der Waals surface area contributed by atoms with Crippen molar-refractivity contribution >= 4 is 11.7 Å². The highest BCUT2D eigenvalue weighted by Crippen LogP contribution is 2.38. The number of carboxylic acids is 1. The maximum Gasteiger partial charge on any atom is 0.314 e. The van der Waals surface area contributed by atoms with Gasteiger partial charge in [0.2, 0.25) is 5.75 Å². The molecule has 132 valence electrons. The first-order valence-corrected chi connectivity index (χ1v) is 7.48. The van der Waals surface area contributed by atoms with Gasteiger partial charge >= 0.3 is 11.7 Å². The molecule has 0 fully saturated rings.